The molecule has 2 heterocycles. The number of hydrogen-bond acceptors (Lipinski definition) is 11. The second-order valence-corrected chi connectivity index (χ2v) is 9.05. The topological polar surface area (TPSA) is 142 Å². The minimum absolute atomic E-state index is 0.110. The van der Waals surface area contributed by atoms with Crippen LogP contribution in [0.4, 0.5) is 0 Å². The monoisotopic (exact) mass is 534 g/mol. The molecule has 3 N–H and O–H groups in total. The first kappa shape index (κ1) is 28.1. The molecule has 0 saturated carbocycles. The Morgan fingerprint density at radius 2 is 1.39 bits per heavy atom. The van der Waals surface area contributed by atoms with Crippen molar-refractivity contribution in [2.45, 2.75) is 55.8 Å². The van der Waals surface area contributed by atoms with Crippen molar-refractivity contribution in [3.8, 4) is 23.0 Å². The van der Waals surface area contributed by atoms with Crippen molar-refractivity contribution in [2.24, 2.45) is 0 Å². The first-order chi connectivity index (χ1) is 18.3. The van der Waals surface area contributed by atoms with E-state index < -0.39 is 49.5 Å². The van der Waals surface area contributed by atoms with Crippen molar-refractivity contribution in [1.29, 1.82) is 0 Å². The van der Waals surface area contributed by atoms with E-state index in [4.69, 9.17) is 33.2 Å². The molecule has 4 rings (SSSR count). The van der Waals surface area contributed by atoms with E-state index in [2.05, 4.69) is 0 Å². The molecule has 0 aromatic heterocycles. The van der Waals surface area contributed by atoms with Gasteiger partial charge in [-0.05, 0) is 42.3 Å². The summed E-state index contributed by atoms with van der Waals surface area (Å²) in [7, 11) is 6.06. The molecule has 0 spiro atoms. The lowest BCUT2D eigenvalue weighted by Gasteiger charge is -2.48. The number of hydrogen-bond donors (Lipinski definition) is 3. The zero-order chi connectivity index (χ0) is 27.4. The van der Waals surface area contributed by atoms with Crippen LogP contribution in [0, 0.1) is 0 Å². The zero-order valence-corrected chi connectivity index (χ0v) is 21.7. The molecule has 208 valence electrons. The fourth-order valence-corrected chi connectivity index (χ4v) is 4.78. The minimum Gasteiger partial charge on any atom is -0.493 e. The molecule has 2 saturated heterocycles. The van der Waals surface area contributed by atoms with E-state index in [0.717, 1.165) is 0 Å². The molecule has 0 aliphatic carbocycles. The van der Waals surface area contributed by atoms with Gasteiger partial charge in [-0.15, -0.1) is 0 Å². The first-order valence-corrected chi connectivity index (χ1v) is 12.3. The third kappa shape index (κ3) is 5.58. The van der Waals surface area contributed by atoms with Crippen molar-refractivity contribution in [1.82, 2.24) is 0 Å². The Labute approximate surface area is 220 Å². The lowest BCUT2D eigenvalue weighted by atomic mass is 9.93. The summed E-state index contributed by atoms with van der Waals surface area (Å²) in [5.74, 6) is 1.81. The predicted molar refractivity (Wildman–Crippen MR) is 133 cm³/mol. The van der Waals surface area contributed by atoms with Gasteiger partial charge in [-0.2, -0.15) is 0 Å². The van der Waals surface area contributed by atoms with E-state index in [9.17, 15) is 20.1 Å². The maximum Gasteiger partial charge on any atom is 0.187 e. The number of ether oxygens (including phenoxy) is 7. The Bertz CT molecular complexity index is 1110. The molecule has 11 heteroatoms. The second-order valence-electron chi connectivity index (χ2n) is 9.05. The van der Waals surface area contributed by atoms with Gasteiger partial charge in [0.1, 0.15) is 30.5 Å². The van der Waals surface area contributed by atoms with Crippen LogP contribution in [0.5, 0.6) is 23.0 Å². The van der Waals surface area contributed by atoms with Gasteiger partial charge in [-0.3, -0.25) is 4.79 Å². The van der Waals surface area contributed by atoms with E-state index in [0.29, 0.717) is 34.1 Å². The van der Waals surface area contributed by atoms with Gasteiger partial charge in [0.25, 0.3) is 0 Å². The van der Waals surface area contributed by atoms with Crippen molar-refractivity contribution in [2.75, 3.05) is 35.0 Å². The average molecular weight is 535 g/mol. The molecule has 2 aromatic rings. The lowest BCUT2D eigenvalue weighted by Crippen LogP contribution is -2.63. The summed E-state index contributed by atoms with van der Waals surface area (Å²) in [5.41, 5.74) is 1.11. The van der Waals surface area contributed by atoms with Crippen molar-refractivity contribution in [3.63, 3.8) is 0 Å². The highest BCUT2D eigenvalue weighted by Gasteiger charge is 2.51. The number of carbonyl (C=O) groups is 1. The smallest absolute Gasteiger partial charge is 0.187 e. The van der Waals surface area contributed by atoms with Crippen LogP contribution in [0.3, 0.4) is 0 Å². The fourth-order valence-electron chi connectivity index (χ4n) is 4.78. The van der Waals surface area contributed by atoms with Crippen molar-refractivity contribution >= 4 is 5.78 Å². The number of aliphatic hydroxyl groups is 3. The van der Waals surface area contributed by atoms with E-state index in [1.54, 1.807) is 36.4 Å². The van der Waals surface area contributed by atoms with Gasteiger partial charge in [0.15, 0.2) is 35.1 Å². The molecule has 1 unspecified atom stereocenters. The van der Waals surface area contributed by atoms with Gasteiger partial charge in [-0.25, -0.2) is 0 Å². The molecule has 38 heavy (non-hydrogen) atoms. The Hall–Kier alpha value is -2.93. The van der Waals surface area contributed by atoms with E-state index in [-0.39, 0.29) is 18.6 Å². The van der Waals surface area contributed by atoms with Gasteiger partial charge < -0.3 is 48.5 Å². The minimum atomic E-state index is -1.36. The number of aliphatic hydroxyl groups excluding tert-OH is 3. The average Bonchev–Trinajstić information content (AvgIpc) is 2.96. The Balaban J connectivity index is 1.59. The van der Waals surface area contributed by atoms with Crippen molar-refractivity contribution < 1.29 is 53.3 Å². The molecule has 0 radical (unpaired) electrons. The zero-order valence-electron chi connectivity index (χ0n) is 21.7. The maximum absolute atomic E-state index is 13.1. The predicted octanol–water partition coefficient (Wildman–Crippen LogP) is 1.65. The van der Waals surface area contributed by atoms with Crippen LogP contribution in [-0.2, 0) is 14.2 Å². The fraction of sp³-hybridized carbons (Fsp3) is 0.519. The van der Waals surface area contributed by atoms with E-state index >= 15 is 0 Å². The highest BCUT2D eigenvalue weighted by molar-refractivity contribution is 5.96. The molecule has 2 aliphatic rings. The Morgan fingerprint density at radius 3 is 2.03 bits per heavy atom. The SMILES string of the molecule is COc1ccc(C(=O)CC[C@H]2O[C@@H]3O[C@H](CO)[C@@H](O)[C@H](O)C3O[C@@H]2c2ccc(OC)c(OC)c2)cc1OC. The summed E-state index contributed by atoms with van der Waals surface area (Å²) >= 11 is 0. The van der Waals surface area contributed by atoms with Crippen LogP contribution in [0.25, 0.3) is 0 Å². The molecule has 2 aliphatic heterocycles. The van der Waals surface area contributed by atoms with Gasteiger partial charge in [0.2, 0.25) is 0 Å². The summed E-state index contributed by atoms with van der Waals surface area (Å²) in [6.07, 6.45) is -6.87. The van der Waals surface area contributed by atoms with Gasteiger partial charge in [0, 0.05) is 12.0 Å². The van der Waals surface area contributed by atoms with E-state index in [1.165, 1.54) is 28.4 Å². The Morgan fingerprint density at radius 1 is 0.789 bits per heavy atom. The molecular weight excluding hydrogens is 500 g/mol. The number of benzene rings is 2. The molecule has 0 amide bonds. The van der Waals surface area contributed by atoms with Crippen LogP contribution in [-0.4, -0.2) is 93.0 Å². The van der Waals surface area contributed by atoms with Crippen molar-refractivity contribution in [3.05, 3.63) is 47.5 Å². The second kappa shape index (κ2) is 12.3. The van der Waals surface area contributed by atoms with Crippen LogP contribution in [0.2, 0.25) is 0 Å². The quantitative estimate of drug-likeness (QED) is 0.383. The number of Topliss-reactive ketones (excluding diaryl/α,β-unsaturated/α-hetero) is 1. The highest BCUT2D eigenvalue weighted by atomic mass is 16.7. The third-order valence-corrected chi connectivity index (χ3v) is 6.87. The lowest BCUT2D eigenvalue weighted by molar-refractivity contribution is -0.369. The van der Waals surface area contributed by atoms with Crippen LogP contribution < -0.4 is 18.9 Å². The van der Waals surface area contributed by atoms with Gasteiger partial charge in [0.05, 0.1) is 41.2 Å². The number of methoxy groups -OCH3 is 4. The summed E-state index contributed by atoms with van der Waals surface area (Å²) in [5, 5.41) is 30.6. The molecular formula is C27H34O11. The number of carbonyl (C=O) groups excluding carboxylic acids is 1. The van der Waals surface area contributed by atoms with Crippen LogP contribution in [0.1, 0.15) is 34.9 Å². The van der Waals surface area contributed by atoms with Crippen LogP contribution >= 0.6 is 0 Å². The summed E-state index contributed by atoms with van der Waals surface area (Å²) < 4.78 is 39.5. The summed E-state index contributed by atoms with van der Waals surface area (Å²) in [6.45, 7) is -0.508. The molecule has 0 bridgehead atoms. The third-order valence-electron chi connectivity index (χ3n) is 6.87. The van der Waals surface area contributed by atoms with E-state index in [1.807, 2.05) is 0 Å². The molecule has 2 aromatic carbocycles. The largest absolute Gasteiger partial charge is 0.493 e. The maximum atomic E-state index is 13.1. The number of ketones is 1. The highest BCUT2D eigenvalue weighted by Crippen LogP contribution is 2.41. The van der Waals surface area contributed by atoms with Gasteiger partial charge >= 0.3 is 0 Å². The molecule has 11 nitrogen and oxygen atoms in total. The summed E-state index contributed by atoms with van der Waals surface area (Å²) in [6, 6.07) is 10.2. The number of rotatable bonds is 10. The summed E-state index contributed by atoms with van der Waals surface area (Å²) in [4.78, 5) is 13.1. The molecule has 2 fully saturated rings. The van der Waals surface area contributed by atoms with Crippen LogP contribution in [0.15, 0.2) is 36.4 Å². The van der Waals surface area contributed by atoms with Gasteiger partial charge in [-0.1, -0.05) is 6.07 Å². The number of fused-ring (bicyclic) bond motifs is 1. The first-order valence-electron chi connectivity index (χ1n) is 12.3. The normalized spacial score (nSPS) is 28.8. The standard InChI is InChI=1S/C27H34O11/c1-32-17-8-5-14(11-20(17)34-3)16(29)7-10-19-25(15-6-9-18(33-2)21(12-15)35-4)38-26-24(31)23(30)22(13-28)37-27(26)36-19/h5-6,8-9,11-12,19,22-28,30-31H,7,10,13H2,1-4H3/t19-,22-,23-,24+,25-,26?,27-/m1/s1. The molecule has 7 atom stereocenters. The Kier molecular flexibility index (Phi) is 9.08.